The fraction of sp³-hybridized carbons (Fsp3) is 0.400. The van der Waals surface area contributed by atoms with Crippen LogP contribution in [0.2, 0.25) is 0 Å². The van der Waals surface area contributed by atoms with Crippen molar-refractivity contribution in [2.45, 2.75) is 12.8 Å². The van der Waals surface area contributed by atoms with Crippen molar-refractivity contribution in [3.05, 3.63) is 23.4 Å². The molecule has 0 saturated heterocycles. The molecule has 0 fully saturated rings. The third-order valence-corrected chi connectivity index (χ3v) is 2.22. The van der Waals surface area contributed by atoms with Crippen LogP contribution in [0, 0.1) is 6.92 Å². The zero-order chi connectivity index (χ0) is 13.1. The first-order valence-electron chi connectivity index (χ1n) is 4.94. The molecule has 0 aliphatic carbocycles. The van der Waals surface area contributed by atoms with Gasteiger partial charge >= 0.3 is 0 Å². The number of aromatic nitrogens is 1. The molecule has 0 spiro atoms. The van der Waals surface area contributed by atoms with E-state index in [-0.39, 0.29) is 11.4 Å². The molecule has 0 aliphatic rings. The summed E-state index contributed by atoms with van der Waals surface area (Å²) in [5.41, 5.74) is 10.7. The van der Waals surface area contributed by atoms with E-state index in [4.69, 9.17) is 11.5 Å². The van der Waals surface area contributed by atoms with Gasteiger partial charge in [0.15, 0.2) is 0 Å². The number of carbonyl (C=O) groups excluding carboxylic acids is 1. The van der Waals surface area contributed by atoms with Crippen molar-refractivity contribution in [3.63, 3.8) is 0 Å². The number of primary amides is 1. The van der Waals surface area contributed by atoms with Gasteiger partial charge in [-0.25, -0.2) is 13.8 Å². The number of rotatable bonds is 5. The number of aryl methyl sites for hydroxylation is 1. The molecule has 1 heterocycles. The van der Waals surface area contributed by atoms with Crippen LogP contribution in [0.1, 0.15) is 15.9 Å². The van der Waals surface area contributed by atoms with E-state index >= 15 is 0 Å². The number of nitrogens with zero attached hydrogens (tertiary/aromatic N) is 1. The summed E-state index contributed by atoms with van der Waals surface area (Å²) < 4.78 is 25.9. The summed E-state index contributed by atoms with van der Waals surface area (Å²) in [6.07, 6.45) is 1.41. The lowest BCUT2D eigenvalue weighted by atomic mass is 10.1. The van der Waals surface area contributed by atoms with Crippen molar-refractivity contribution in [1.82, 2.24) is 4.98 Å². The molecule has 0 aliphatic heterocycles. The number of hydrogen-bond donors (Lipinski definition) is 3. The van der Waals surface area contributed by atoms with Crippen LogP contribution in [0.5, 0.6) is 0 Å². The summed E-state index contributed by atoms with van der Waals surface area (Å²) in [4.78, 5) is 15.0. The Morgan fingerprint density at radius 2 is 2.24 bits per heavy atom. The molecule has 0 unspecified atom stereocenters. The standard InChI is InChI=1S/C10H14F2N4O/c1-6-2-3-15-9(7(6)8(14)17)16-5-10(11,12)4-13/h2-3H,4-5,13H2,1H3,(H2,14,17)(H,15,16). The lowest BCUT2D eigenvalue weighted by molar-refractivity contribution is 0.0252. The average Bonchev–Trinajstić information content (AvgIpc) is 2.26. The number of halogens is 2. The quantitative estimate of drug-likeness (QED) is 0.702. The van der Waals surface area contributed by atoms with Gasteiger partial charge in [-0.2, -0.15) is 0 Å². The van der Waals surface area contributed by atoms with Crippen molar-refractivity contribution in [2.75, 3.05) is 18.4 Å². The van der Waals surface area contributed by atoms with Crippen LogP contribution < -0.4 is 16.8 Å². The normalized spacial score (nSPS) is 11.3. The number of anilines is 1. The number of hydrogen-bond acceptors (Lipinski definition) is 4. The Labute approximate surface area is 97.2 Å². The van der Waals surface area contributed by atoms with Gasteiger partial charge in [-0.05, 0) is 18.6 Å². The van der Waals surface area contributed by atoms with Gasteiger partial charge in [-0.15, -0.1) is 0 Å². The maximum atomic E-state index is 12.9. The second kappa shape index (κ2) is 5.05. The number of amides is 1. The van der Waals surface area contributed by atoms with Crippen LogP contribution >= 0.6 is 0 Å². The molecule has 5 nitrogen and oxygen atoms in total. The highest BCUT2D eigenvalue weighted by atomic mass is 19.3. The maximum absolute atomic E-state index is 12.9. The minimum Gasteiger partial charge on any atom is -0.365 e. The van der Waals surface area contributed by atoms with Gasteiger partial charge in [0, 0.05) is 6.20 Å². The maximum Gasteiger partial charge on any atom is 0.276 e. The monoisotopic (exact) mass is 244 g/mol. The summed E-state index contributed by atoms with van der Waals surface area (Å²) in [6, 6.07) is 1.58. The molecular weight excluding hydrogens is 230 g/mol. The first-order valence-corrected chi connectivity index (χ1v) is 4.94. The molecule has 94 valence electrons. The van der Waals surface area contributed by atoms with Gasteiger partial charge in [-0.3, -0.25) is 4.79 Å². The third-order valence-electron chi connectivity index (χ3n) is 2.22. The molecule has 0 saturated carbocycles. The molecule has 1 aromatic rings. The van der Waals surface area contributed by atoms with E-state index in [1.165, 1.54) is 6.20 Å². The summed E-state index contributed by atoms with van der Waals surface area (Å²) in [7, 11) is 0. The lowest BCUT2D eigenvalue weighted by Gasteiger charge is -2.16. The zero-order valence-electron chi connectivity index (χ0n) is 9.34. The number of pyridine rings is 1. The van der Waals surface area contributed by atoms with Crippen LogP contribution in [0.3, 0.4) is 0 Å². The Kier molecular flexibility index (Phi) is 3.95. The highest BCUT2D eigenvalue weighted by molar-refractivity contribution is 5.98. The van der Waals surface area contributed by atoms with E-state index in [0.29, 0.717) is 5.56 Å². The molecule has 0 radical (unpaired) electrons. The molecule has 1 aromatic heterocycles. The predicted octanol–water partition coefficient (Wildman–Crippen LogP) is 0.495. The smallest absolute Gasteiger partial charge is 0.276 e. The molecule has 5 N–H and O–H groups in total. The minimum absolute atomic E-state index is 0.0469. The van der Waals surface area contributed by atoms with Gasteiger partial charge < -0.3 is 16.8 Å². The first-order chi connectivity index (χ1) is 7.87. The molecule has 1 amide bonds. The Morgan fingerprint density at radius 3 is 2.76 bits per heavy atom. The second-order valence-corrected chi connectivity index (χ2v) is 3.63. The predicted molar refractivity (Wildman–Crippen MR) is 60.0 cm³/mol. The molecule has 0 atom stereocenters. The van der Waals surface area contributed by atoms with Gasteiger partial charge in [0.05, 0.1) is 18.7 Å². The fourth-order valence-electron chi connectivity index (χ4n) is 1.29. The van der Waals surface area contributed by atoms with Crippen molar-refractivity contribution < 1.29 is 13.6 Å². The van der Waals surface area contributed by atoms with Crippen molar-refractivity contribution in [3.8, 4) is 0 Å². The number of nitrogens with two attached hydrogens (primary N) is 2. The van der Waals surface area contributed by atoms with Crippen LogP contribution in [0.15, 0.2) is 12.3 Å². The van der Waals surface area contributed by atoms with Crippen molar-refractivity contribution in [2.24, 2.45) is 11.5 Å². The van der Waals surface area contributed by atoms with Gasteiger partial charge in [-0.1, -0.05) is 0 Å². The minimum atomic E-state index is -3.06. The van der Waals surface area contributed by atoms with Gasteiger partial charge in [0.1, 0.15) is 5.82 Å². The zero-order valence-corrected chi connectivity index (χ0v) is 9.34. The number of carbonyl (C=O) groups is 1. The molecule has 7 heteroatoms. The average molecular weight is 244 g/mol. The van der Waals surface area contributed by atoms with E-state index in [1.807, 2.05) is 0 Å². The number of alkyl halides is 2. The van der Waals surface area contributed by atoms with E-state index < -0.39 is 24.9 Å². The largest absolute Gasteiger partial charge is 0.365 e. The molecule has 17 heavy (non-hydrogen) atoms. The summed E-state index contributed by atoms with van der Waals surface area (Å²) in [5.74, 6) is -3.72. The van der Waals surface area contributed by atoms with E-state index in [2.05, 4.69) is 10.3 Å². The molecule has 0 aromatic carbocycles. The summed E-state index contributed by atoms with van der Waals surface area (Å²) in [6.45, 7) is 0.173. The molecule has 1 rings (SSSR count). The highest BCUT2D eigenvalue weighted by Gasteiger charge is 2.27. The van der Waals surface area contributed by atoms with Crippen molar-refractivity contribution in [1.29, 1.82) is 0 Å². The molecule has 0 bridgehead atoms. The summed E-state index contributed by atoms with van der Waals surface area (Å²) in [5, 5.41) is 2.38. The van der Waals surface area contributed by atoms with Crippen LogP contribution in [-0.2, 0) is 0 Å². The van der Waals surface area contributed by atoms with Crippen LogP contribution in [0.4, 0.5) is 14.6 Å². The SMILES string of the molecule is Cc1ccnc(NCC(F)(F)CN)c1C(N)=O. The van der Waals surface area contributed by atoms with Gasteiger partial charge in [0.25, 0.3) is 11.8 Å². The lowest BCUT2D eigenvalue weighted by Crippen LogP contribution is -2.36. The van der Waals surface area contributed by atoms with Crippen LogP contribution in [-0.4, -0.2) is 29.9 Å². The Morgan fingerprint density at radius 1 is 1.59 bits per heavy atom. The molecular formula is C10H14F2N4O. The Hall–Kier alpha value is -1.76. The number of nitrogens with one attached hydrogen (secondary N) is 1. The van der Waals surface area contributed by atoms with Crippen molar-refractivity contribution >= 4 is 11.7 Å². The fourth-order valence-corrected chi connectivity index (χ4v) is 1.29. The topological polar surface area (TPSA) is 94.0 Å². The Bertz CT molecular complexity index is 423. The van der Waals surface area contributed by atoms with E-state index in [0.717, 1.165) is 0 Å². The highest BCUT2D eigenvalue weighted by Crippen LogP contribution is 2.18. The Balaban J connectivity index is 2.92. The van der Waals surface area contributed by atoms with Gasteiger partial charge in [0.2, 0.25) is 0 Å². The second-order valence-electron chi connectivity index (χ2n) is 3.63. The van der Waals surface area contributed by atoms with E-state index in [1.54, 1.807) is 13.0 Å². The first kappa shape index (κ1) is 13.3. The third kappa shape index (κ3) is 3.35. The summed E-state index contributed by atoms with van der Waals surface area (Å²) >= 11 is 0. The van der Waals surface area contributed by atoms with Crippen LogP contribution in [0.25, 0.3) is 0 Å². The van der Waals surface area contributed by atoms with E-state index in [9.17, 15) is 13.6 Å².